The molecule has 1 aliphatic heterocycles. The van der Waals surface area contributed by atoms with Crippen molar-refractivity contribution in [3.05, 3.63) is 36.2 Å². The van der Waals surface area contributed by atoms with Crippen LogP contribution >= 0.6 is 0 Å². The van der Waals surface area contributed by atoms with Gasteiger partial charge in [0.25, 0.3) is 0 Å². The number of rotatable bonds is 2. The molecule has 1 fully saturated rings. The number of piperidine rings is 1. The van der Waals surface area contributed by atoms with Crippen molar-refractivity contribution in [2.24, 2.45) is 5.92 Å². The highest BCUT2D eigenvalue weighted by atomic mass is 16.3. The lowest BCUT2D eigenvalue weighted by Gasteiger charge is -2.38. The Morgan fingerprint density at radius 2 is 2.23 bits per heavy atom. The lowest BCUT2D eigenvalue weighted by molar-refractivity contribution is 0.323. The molecular weight excluding hydrogens is 278 g/mol. The first-order valence-electron chi connectivity index (χ1n) is 7.69. The number of furan rings is 1. The van der Waals surface area contributed by atoms with Gasteiger partial charge in [-0.15, -0.1) is 0 Å². The van der Waals surface area contributed by atoms with Crippen LogP contribution in [0.3, 0.4) is 0 Å². The molecule has 0 spiro atoms. The second kappa shape index (κ2) is 5.12. The van der Waals surface area contributed by atoms with Gasteiger partial charge in [0.15, 0.2) is 5.65 Å². The number of aromatic amines is 1. The van der Waals surface area contributed by atoms with Crippen molar-refractivity contribution in [2.45, 2.75) is 32.7 Å². The van der Waals surface area contributed by atoms with Gasteiger partial charge in [-0.3, -0.25) is 5.10 Å². The molecule has 114 valence electrons. The van der Waals surface area contributed by atoms with E-state index in [0.717, 1.165) is 47.8 Å². The molecule has 0 radical (unpaired) electrons. The highest BCUT2D eigenvalue weighted by Crippen LogP contribution is 2.39. The van der Waals surface area contributed by atoms with Crippen LogP contribution < -0.4 is 4.90 Å². The predicted molar refractivity (Wildman–Crippen MR) is 83.6 cm³/mol. The first-order valence-corrected chi connectivity index (χ1v) is 7.69. The zero-order valence-corrected chi connectivity index (χ0v) is 12.8. The summed E-state index contributed by atoms with van der Waals surface area (Å²) in [5, 5.41) is 7.97. The smallest absolute Gasteiger partial charge is 0.160 e. The quantitative estimate of drug-likeness (QED) is 0.786. The van der Waals surface area contributed by atoms with Crippen LogP contribution in [0.25, 0.3) is 11.0 Å². The fraction of sp³-hybridized carbons (Fsp3) is 0.438. The summed E-state index contributed by atoms with van der Waals surface area (Å²) in [6, 6.07) is 4.32. The average molecular weight is 297 g/mol. The molecule has 2 unspecified atom stereocenters. The van der Waals surface area contributed by atoms with E-state index in [1.165, 1.54) is 0 Å². The van der Waals surface area contributed by atoms with Crippen LogP contribution in [0.4, 0.5) is 5.82 Å². The van der Waals surface area contributed by atoms with Crippen LogP contribution in [-0.2, 0) is 0 Å². The molecule has 3 aromatic heterocycles. The van der Waals surface area contributed by atoms with Gasteiger partial charge in [0.1, 0.15) is 23.7 Å². The Morgan fingerprint density at radius 1 is 1.32 bits per heavy atom. The number of nitrogens with one attached hydrogen (secondary N) is 1. The minimum Gasteiger partial charge on any atom is -0.464 e. The molecular formula is C16H19N5O. The SMILES string of the molecule is Cc1ccc(C2CC(C)CCN2c2ncnc3[nH]ncc23)o1. The van der Waals surface area contributed by atoms with Crippen molar-refractivity contribution in [3.8, 4) is 0 Å². The topological polar surface area (TPSA) is 70.8 Å². The highest BCUT2D eigenvalue weighted by molar-refractivity contribution is 5.86. The van der Waals surface area contributed by atoms with E-state index >= 15 is 0 Å². The number of hydrogen-bond acceptors (Lipinski definition) is 5. The lowest BCUT2D eigenvalue weighted by Crippen LogP contribution is -2.36. The lowest BCUT2D eigenvalue weighted by atomic mass is 9.91. The Balaban J connectivity index is 1.79. The van der Waals surface area contributed by atoms with Gasteiger partial charge < -0.3 is 9.32 Å². The van der Waals surface area contributed by atoms with E-state index in [0.29, 0.717) is 5.92 Å². The summed E-state index contributed by atoms with van der Waals surface area (Å²) in [7, 11) is 0. The maximum atomic E-state index is 5.91. The standard InChI is InChI=1S/C16H19N5O/c1-10-5-6-21(13(7-10)14-4-3-11(2)22-14)16-12-8-19-20-15(12)17-9-18-16/h3-4,8-10,13H,5-7H2,1-2H3,(H,17,18,19,20). The first-order chi connectivity index (χ1) is 10.7. The van der Waals surface area contributed by atoms with Gasteiger partial charge in [0, 0.05) is 6.54 Å². The average Bonchev–Trinajstić information content (AvgIpc) is 3.15. The zero-order valence-electron chi connectivity index (χ0n) is 12.8. The minimum absolute atomic E-state index is 0.213. The van der Waals surface area contributed by atoms with Crippen molar-refractivity contribution in [3.63, 3.8) is 0 Å². The van der Waals surface area contributed by atoms with E-state index in [1.54, 1.807) is 12.5 Å². The number of H-pyrrole nitrogens is 1. The molecule has 22 heavy (non-hydrogen) atoms. The van der Waals surface area contributed by atoms with Crippen molar-refractivity contribution >= 4 is 16.9 Å². The maximum absolute atomic E-state index is 5.91. The van der Waals surface area contributed by atoms with Crippen molar-refractivity contribution in [1.82, 2.24) is 20.2 Å². The van der Waals surface area contributed by atoms with Crippen LogP contribution in [0.2, 0.25) is 0 Å². The zero-order chi connectivity index (χ0) is 15.1. The van der Waals surface area contributed by atoms with E-state index < -0.39 is 0 Å². The molecule has 4 rings (SSSR count). The molecule has 1 aliphatic rings. The monoisotopic (exact) mass is 297 g/mol. The molecule has 0 amide bonds. The van der Waals surface area contributed by atoms with Crippen molar-refractivity contribution < 1.29 is 4.42 Å². The molecule has 1 saturated heterocycles. The number of aryl methyl sites for hydroxylation is 1. The molecule has 0 saturated carbocycles. The summed E-state index contributed by atoms with van der Waals surface area (Å²) in [4.78, 5) is 11.1. The maximum Gasteiger partial charge on any atom is 0.160 e. The van der Waals surface area contributed by atoms with Crippen molar-refractivity contribution in [1.29, 1.82) is 0 Å². The third kappa shape index (κ3) is 2.15. The number of nitrogens with zero attached hydrogens (tertiary/aromatic N) is 4. The normalized spacial score (nSPS) is 22.4. The number of aromatic nitrogens is 4. The van der Waals surface area contributed by atoms with Gasteiger partial charge in [0.2, 0.25) is 0 Å². The van der Waals surface area contributed by atoms with Gasteiger partial charge in [-0.25, -0.2) is 9.97 Å². The molecule has 6 heteroatoms. The first kappa shape index (κ1) is 13.3. The Bertz CT molecular complexity index is 793. The summed E-state index contributed by atoms with van der Waals surface area (Å²) >= 11 is 0. The Labute approximate surface area is 128 Å². The van der Waals surface area contributed by atoms with E-state index in [-0.39, 0.29) is 6.04 Å². The number of fused-ring (bicyclic) bond motifs is 1. The van der Waals surface area contributed by atoms with Crippen LogP contribution in [0, 0.1) is 12.8 Å². The fourth-order valence-electron chi connectivity index (χ4n) is 3.28. The Kier molecular flexibility index (Phi) is 3.10. The Hall–Kier alpha value is -2.37. The second-order valence-corrected chi connectivity index (χ2v) is 6.12. The summed E-state index contributed by atoms with van der Waals surface area (Å²) in [6.07, 6.45) is 5.61. The van der Waals surface area contributed by atoms with Gasteiger partial charge >= 0.3 is 0 Å². The fourth-order valence-corrected chi connectivity index (χ4v) is 3.28. The molecule has 0 aromatic carbocycles. The van der Waals surface area contributed by atoms with Crippen LogP contribution in [0.15, 0.2) is 29.1 Å². The third-order valence-corrected chi connectivity index (χ3v) is 4.45. The molecule has 1 N–H and O–H groups in total. The van der Waals surface area contributed by atoms with Gasteiger partial charge in [-0.2, -0.15) is 5.10 Å². The largest absolute Gasteiger partial charge is 0.464 e. The van der Waals surface area contributed by atoms with Crippen LogP contribution in [0.1, 0.15) is 37.3 Å². The van der Waals surface area contributed by atoms with Crippen LogP contribution in [0.5, 0.6) is 0 Å². The predicted octanol–water partition coefficient (Wildman–Crippen LogP) is 3.23. The van der Waals surface area contributed by atoms with Gasteiger partial charge in [-0.1, -0.05) is 6.92 Å². The molecule has 2 atom stereocenters. The molecule has 6 nitrogen and oxygen atoms in total. The Morgan fingerprint density at radius 3 is 3.05 bits per heavy atom. The van der Waals surface area contributed by atoms with Crippen LogP contribution in [-0.4, -0.2) is 26.7 Å². The summed E-state index contributed by atoms with van der Waals surface area (Å²) in [6.45, 7) is 5.25. The summed E-state index contributed by atoms with van der Waals surface area (Å²) in [5.74, 6) is 3.57. The number of hydrogen-bond donors (Lipinski definition) is 1. The summed E-state index contributed by atoms with van der Waals surface area (Å²) in [5.41, 5.74) is 0.776. The minimum atomic E-state index is 0.213. The summed E-state index contributed by atoms with van der Waals surface area (Å²) < 4.78 is 5.91. The van der Waals surface area contributed by atoms with Crippen molar-refractivity contribution in [2.75, 3.05) is 11.4 Å². The van der Waals surface area contributed by atoms with E-state index in [1.807, 2.05) is 13.0 Å². The third-order valence-electron chi connectivity index (χ3n) is 4.45. The van der Waals surface area contributed by atoms with E-state index in [9.17, 15) is 0 Å². The van der Waals surface area contributed by atoms with Gasteiger partial charge in [-0.05, 0) is 37.8 Å². The molecule has 4 heterocycles. The highest BCUT2D eigenvalue weighted by Gasteiger charge is 2.31. The van der Waals surface area contributed by atoms with E-state index in [4.69, 9.17) is 4.42 Å². The van der Waals surface area contributed by atoms with Gasteiger partial charge in [0.05, 0.1) is 17.6 Å². The molecule has 0 bridgehead atoms. The molecule has 0 aliphatic carbocycles. The molecule has 3 aromatic rings. The second-order valence-electron chi connectivity index (χ2n) is 6.12. The van der Waals surface area contributed by atoms with E-state index in [2.05, 4.69) is 38.1 Å². The number of anilines is 1.